The molecule has 2 N–H and O–H groups in total. The predicted molar refractivity (Wildman–Crippen MR) is 63.9 cm³/mol. The van der Waals surface area contributed by atoms with E-state index in [9.17, 15) is 4.79 Å². The van der Waals surface area contributed by atoms with Gasteiger partial charge < -0.3 is 5.32 Å². The van der Waals surface area contributed by atoms with Gasteiger partial charge >= 0.3 is 6.03 Å². The highest BCUT2D eigenvalue weighted by molar-refractivity contribution is 7.13. The van der Waals surface area contributed by atoms with E-state index in [1.807, 2.05) is 0 Å². The number of carbonyl (C=O) groups is 1. The van der Waals surface area contributed by atoms with Gasteiger partial charge in [0.15, 0.2) is 5.13 Å². The smallest absolute Gasteiger partial charge is 0.321 e. The van der Waals surface area contributed by atoms with Gasteiger partial charge in [0.05, 0.1) is 5.69 Å². The number of rotatable bonds is 3. The van der Waals surface area contributed by atoms with E-state index in [0.717, 1.165) is 23.7 Å². The summed E-state index contributed by atoms with van der Waals surface area (Å²) in [4.78, 5) is 16.0. The van der Waals surface area contributed by atoms with Gasteiger partial charge in [0, 0.05) is 17.3 Å². The molecule has 2 fully saturated rings. The molecule has 2 saturated carbocycles. The van der Waals surface area contributed by atoms with E-state index in [2.05, 4.69) is 21.0 Å². The van der Waals surface area contributed by atoms with Gasteiger partial charge in [-0.3, -0.25) is 5.32 Å². The van der Waals surface area contributed by atoms with Crippen molar-refractivity contribution in [2.45, 2.75) is 44.1 Å². The molecule has 5 heteroatoms. The lowest BCUT2D eigenvalue weighted by Gasteiger charge is -2.26. The minimum absolute atomic E-state index is 0.110. The normalized spacial score (nSPS) is 20.2. The van der Waals surface area contributed by atoms with Crippen molar-refractivity contribution in [3.8, 4) is 0 Å². The molecule has 0 radical (unpaired) electrons. The van der Waals surface area contributed by atoms with Crippen LogP contribution in [0.3, 0.4) is 0 Å². The fourth-order valence-corrected chi connectivity index (χ4v) is 2.57. The van der Waals surface area contributed by atoms with Crippen LogP contribution < -0.4 is 10.6 Å². The van der Waals surface area contributed by atoms with Crippen LogP contribution >= 0.6 is 11.3 Å². The second-order valence-electron chi connectivity index (χ2n) is 4.58. The van der Waals surface area contributed by atoms with Crippen LogP contribution in [0, 0.1) is 0 Å². The molecule has 0 aromatic carbocycles. The summed E-state index contributed by atoms with van der Waals surface area (Å²) >= 11 is 1.52. The zero-order valence-corrected chi connectivity index (χ0v) is 9.85. The summed E-state index contributed by atoms with van der Waals surface area (Å²) in [6.07, 6.45) is 5.94. The summed E-state index contributed by atoms with van der Waals surface area (Å²) in [7, 11) is 0. The van der Waals surface area contributed by atoms with Gasteiger partial charge in [0.25, 0.3) is 0 Å². The Labute approximate surface area is 98.5 Å². The van der Waals surface area contributed by atoms with E-state index >= 15 is 0 Å². The summed E-state index contributed by atoms with van der Waals surface area (Å²) in [6.45, 7) is 0. The Balaban J connectivity index is 1.53. The molecule has 4 nitrogen and oxygen atoms in total. The van der Waals surface area contributed by atoms with Gasteiger partial charge in [-0.25, -0.2) is 9.78 Å². The molecule has 86 valence electrons. The van der Waals surface area contributed by atoms with Crippen molar-refractivity contribution in [2.24, 2.45) is 0 Å². The van der Waals surface area contributed by atoms with Gasteiger partial charge in [-0.1, -0.05) is 0 Å². The Bertz CT molecular complexity index is 396. The summed E-state index contributed by atoms with van der Waals surface area (Å²) in [6, 6.07) is 0.268. The first-order chi connectivity index (χ1) is 7.81. The lowest BCUT2D eigenvalue weighted by Crippen LogP contribution is -2.41. The maximum absolute atomic E-state index is 11.6. The molecule has 16 heavy (non-hydrogen) atoms. The number of hydrogen-bond acceptors (Lipinski definition) is 3. The molecule has 0 saturated heterocycles. The second-order valence-corrected chi connectivity index (χ2v) is 5.44. The molecule has 3 rings (SSSR count). The number of hydrogen-bond donors (Lipinski definition) is 2. The Kier molecular flexibility index (Phi) is 2.55. The molecule has 0 aliphatic heterocycles. The van der Waals surface area contributed by atoms with Crippen LogP contribution in [0.25, 0.3) is 0 Å². The van der Waals surface area contributed by atoms with Crippen LogP contribution in [0.2, 0.25) is 0 Å². The first kappa shape index (κ1) is 10.1. The Morgan fingerprint density at radius 3 is 2.81 bits per heavy atom. The third-order valence-corrected chi connectivity index (χ3v) is 3.95. The number of amides is 2. The van der Waals surface area contributed by atoms with E-state index in [1.165, 1.54) is 30.6 Å². The number of nitrogens with zero attached hydrogens (tertiary/aromatic N) is 1. The van der Waals surface area contributed by atoms with Crippen molar-refractivity contribution in [3.05, 3.63) is 11.1 Å². The zero-order valence-electron chi connectivity index (χ0n) is 9.03. The molecule has 0 spiro atoms. The van der Waals surface area contributed by atoms with Crippen LogP contribution in [0.15, 0.2) is 5.38 Å². The number of aromatic nitrogens is 1. The Morgan fingerprint density at radius 2 is 2.19 bits per heavy atom. The third-order valence-electron chi connectivity index (χ3n) is 3.18. The maximum atomic E-state index is 11.6. The molecule has 1 heterocycles. The van der Waals surface area contributed by atoms with Crippen LogP contribution in [0.4, 0.5) is 9.93 Å². The molecule has 2 aliphatic rings. The Morgan fingerprint density at radius 1 is 1.38 bits per heavy atom. The van der Waals surface area contributed by atoms with Gasteiger partial charge in [0.2, 0.25) is 0 Å². The van der Waals surface area contributed by atoms with Crippen LogP contribution in [-0.2, 0) is 0 Å². The first-order valence-corrected chi connectivity index (χ1v) is 6.72. The fraction of sp³-hybridized carbons (Fsp3) is 0.636. The highest BCUT2D eigenvalue weighted by atomic mass is 32.1. The van der Waals surface area contributed by atoms with Crippen molar-refractivity contribution < 1.29 is 4.79 Å². The average Bonchev–Trinajstić information content (AvgIpc) is 2.95. The molecule has 2 aliphatic carbocycles. The maximum Gasteiger partial charge on any atom is 0.321 e. The standard InChI is InChI=1S/C11H15N3OS/c15-10(12-8-2-1-3-8)14-11-13-9(6-16-11)7-4-5-7/h6-8H,1-5H2,(H2,12,13,14,15). The third kappa shape index (κ3) is 2.19. The zero-order chi connectivity index (χ0) is 11.0. The topological polar surface area (TPSA) is 54.0 Å². The first-order valence-electron chi connectivity index (χ1n) is 5.84. The van der Waals surface area contributed by atoms with E-state index in [0.29, 0.717) is 12.0 Å². The molecule has 2 amide bonds. The van der Waals surface area contributed by atoms with Crippen LogP contribution in [0.5, 0.6) is 0 Å². The predicted octanol–water partition coefficient (Wildman–Crippen LogP) is 2.69. The van der Waals surface area contributed by atoms with E-state index in [4.69, 9.17) is 0 Å². The minimum atomic E-state index is -0.110. The lowest BCUT2D eigenvalue weighted by atomic mass is 9.93. The number of anilines is 1. The largest absolute Gasteiger partial charge is 0.335 e. The van der Waals surface area contributed by atoms with E-state index in [-0.39, 0.29) is 6.03 Å². The minimum Gasteiger partial charge on any atom is -0.335 e. The molecule has 1 aromatic heterocycles. The summed E-state index contributed by atoms with van der Waals surface area (Å²) < 4.78 is 0. The van der Waals surface area contributed by atoms with E-state index < -0.39 is 0 Å². The van der Waals surface area contributed by atoms with Crippen molar-refractivity contribution in [2.75, 3.05) is 5.32 Å². The summed E-state index contributed by atoms with van der Waals surface area (Å²) in [5.74, 6) is 0.654. The SMILES string of the molecule is O=C(Nc1nc(C2CC2)cs1)NC1CCC1. The van der Waals surface area contributed by atoms with Crippen molar-refractivity contribution in [1.29, 1.82) is 0 Å². The monoisotopic (exact) mass is 237 g/mol. The van der Waals surface area contributed by atoms with Crippen LogP contribution in [0.1, 0.15) is 43.7 Å². The molecular formula is C11H15N3OS. The number of urea groups is 1. The molecular weight excluding hydrogens is 222 g/mol. The quantitative estimate of drug-likeness (QED) is 0.849. The Hall–Kier alpha value is -1.10. The highest BCUT2D eigenvalue weighted by Gasteiger charge is 2.26. The summed E-state index contributed by atoms with van der Waals surface area (Å²) in [5, 5.41) is 8.51. The molecule has 0 bridgehead atoms. The van der Waals surface area contributed by atoms with Crippen molar-refractivity contribution in [1.82, 2.24) is 10.3 Å². The van der Waals surface area contributed by atoms with Gasteiger partial charge in [-0.05, 0) is 32.1 Å². The lowest BCUT2D eigenvalue weighted by molar-refractivity contribution is 0.240. The van der Waals surface area contributed by atoms with Gasteiger partial charge in [-0.15, -0.1) is 11.3 Å². The number of nitrogens with one attached hydrogen (secondary N) is 2. The molecule has 0 atom stereocenters. The average molecular weight is 237 g/mol. The van der Waals surface area contributed by atoms with Crippen LogP contribution in [-0.4, -0.2) is 17.1 Å². The molecule has 0 unspecified atom stereocenters. The van der Waals surface area contributed by atoms with Crippen molar-refractivity contribution in [3.63, 3.8) is 0 Å². The van der Waals surface area contributed by atoms with E-state index in [1.54, 1.807) is 0 Å². The number of carbonyl (C=O) groups excluding carboxylic acids is 1. The van der Waals surface area contributed by atoms with Crippen molar-refractivity contribution >= 4 is 22.5 Å². The fourth-order valence-electron chi connectivity index (χ4n) is 1.78. The highest BCUT2D eigenvalue weighted by Crippen LogP contribution is 2.40. The number of thiazole rings is 1. The van der Waals surface area contributed by atoms with Gasteiger partial charge in [-0.2, -0.15) is 0 Å². The summed E-state index contributed by atoms with van der Waals surface area (Å²) in [5.41, 5.74) is 1.14. The molecule has 1 aromatic rings. The van der Waals surface area contributed by atoms with Gasteiger partial charge in [0.1, 0.15) is 0 Å². The second kappa shape index (κ2) is 4.05.